The first-order valence-corrected chi connectivity index (χ1v) is 5.59. The van der Waals surface area contributed by atoms with E-state index in [9.17, 15) is 13.2 Å². The summed E-state index contributed by atoms with van der Waals surface area (Å²) in [4.78, 5) is 7.55. The molecule has 102 valence electrons. The van der Waals surface area contributed by atoms with E-state index >= 15 is 0 Å². The van der Waals surface area contributed by atoms with E-state index < -0.39 is 11.7 Å². The number of hydrogen-bond donors (Lipinski definition) is 1. The molecule has 0 bridgehead atoms. The van der Waals surface area contributed by atoms with Crippen molar-refractivity contribution in [2.24, 2.45) is 0 Å². The maximum absolute atomic E-state index is 12.7. The molecular formula is C13H9F3N4. The highest BCUT2D eigenvalue weighted by molar-refractivity contribution is 5.66. The van der Waals surface area contributed by atoms with Gasteiger partial charge in [-0.3, -0.25) is 0 Å². The summed E-state index contributed by atoms with van der Waals surface area (Å²) in [6.07, 6.45) is -3.83. The zero-order valence-electron chi connectivity index (χ0n) is 10.4. The minimum atomic E-state index is -4.54. The van der Waals surface area contributed by atoms with Gasteiger partial charge in [0.1, 0.15) is 11.4 Å². The molecule has 0 aliphatic carbocycles. The number of alkyl halides is 3. The van der Waals surface area contributed by atoms with Gasteiger partial charge < -0.3 is 5.32 Å². The largest absolute Gasteiger partial charge is 0.421 e. The maximum Gasteiger partial charge on any atom is 0.421 e. The molecule has 0 aliphatic rings. The van der Waals surface area contributed by atoms with Crippen LogP contribution >= 0.6 is 0 Å². The molecule has 1 aromatic heterocycles. The summed E-state index contributed by atoms with van der Waals surface area (Å²) in [6.45, 7) is 0. The summed E-state index contributed by atoms with van der Waals surface area (Å²) >= 11 is 0. The summed E-state index contributed by atoms with van der Waals surface area (Å²) < 4.78 is 38.2. The van der Waals surface area contributed by atoms with E-state index in [2.05, 4.69) is 15.3 Å². The van der Waals surface area contributed by atoms with Crippen LogP contribution in [0.3, 0.4) is 0 Å². The van der Waals surface area contributed by atoms with Crippen molar-refractivity contribution < 1.29 is 13.2 Å². The topological polar surface area (TPSA) is 61.6 Å². The van der Waals surface area contributed by atoms with Gasteiger partial charge in [0, 0.05) is 18.8 Å². The minimum Gasteiger partial charge on any atom is -0.373 e. The molecule has 0 radical (unpaired) electrons. The second kappa shape index (κ2) is 5.17. The SMILES string of the molecule is CNc1nc(-c2ccccc2C#N)ncc1C(F)(F)F. The van der Waals surface area contributed by atoms with Crippen LogP contribution in [0.4, 0.5) is 19.0 Å². The number of anilines is 1. The van der Waals surface area contributed by atoms with Gasteiger partial charge in [0.2, 0.25) is 0 Å². The molecule has 2 rings (SSSR count). The number of nitrogens with zero attached hydrogens (tertiary/aromatic N) is 3. The highest BCUT2D eigenvalue weighted by Crippen LogP contribution is 2.34. The number of nitrogens with one attached hydrogen (secondary N) is 1. The Hall–Kier alpha value is -2.62. The summed E-state index contributed by atoms with van der Waals surface area (Å²) in [7, 11) is 1.34. The average molecular weight is 278 g/mol. The third-order valence-corrected chi connectivity index (χ3v) is 2.62. The fourth-order valence-electron chi connectivity index (χ4n) is 1.69. The Bertz CT molecular complexity index is 674. The molecule has 1 heterocycles. The molecule has 0 saturated heterocycles. The van der Waals surface area contributed by atoms with Crippen LogP contribution in [0.25, 0.3) is 11.4 Å². The van der Waals surface area contributed by atoms with Crippen LogP contribution in [0.2, 0.25) is 0 Å². The fourth-order valence-corrected chi connectivity index (χ4v) is 1.69. The van der Waals surface area contributed by atoms with Crippen LogP contribution in [-0.2, 0) is 6.18 Å². The van der Waals surface area contributed by atoms with Crippen LogP contribution < -0.4 is 5.32 Å². The number of halogens is 3. The number of aromatic nitrogens is 2. The zero-order chi connectivity index (χ0) is 14.8. The molecule has 0 spiro atoms. The van der Waals surface area contributed by atoms with Crippen LogP contribution in [0.5, 0.6) is 0 Å². The Morgan fingerprint density at radius 1 is 1.25 bits per heavy atom. The zero-order valence-corrected chi connectivity index (χ0v) is 10.4. The Labute approximate surface area is 112 Å². The van der Waals surface area contributed by atoms with Crippen molar-refractivity contribution in [3.05, 3.63) is 41.6 Å². The molecule has 4 nitrogen and oxygen atoms in total. The second-order valence-electron chi connectivity index (χ2n) is 3.86. The van der Waals surface area contributed by atoms with E-state index in [0.29, 0.717) is 17.3 Å². The van der Waals surface area contributed by atoms with Crippen LogP contribution in [0.1, 0.15) is 11.1 Å². The molecule has 0 fully saturated rings. The molecule has 1 N–H and O–H groups in total. The molecule has 1 aromatic carbocycles. The molecule has 0 amide bonds. The molecule has 20 heavy (non-hydrogen) atoms. The first-order valence-electron chi connectivity index (χ1n) is 5.59. The molecule has 0 unspecified atom stereocenters. The summed E-state index contributed by atoms with van der Waals surface area (Å²) in [5, 5.41) is 11.4. The van der Waals surface area contributed by atoms with Crippen molar-refractivity contribution in [2.75, 3.05) is 12.4 Å². The van der Waals surface area contributed by atoms with E-state index in [0.717, 1.165) is 0 Å². The van der Waals surface area contributed by atoms with E-state index in [1.165, 1.54) is 7.05 Å². The molecular weight excluding hydrogens is 269 g/mol. The van der Waals surface area contributed by atoms with Crippen LogP contribution in [0, 0.1) is 11.3 Å². The predicted molar refractivity (Wildman–Crippen MR) is 66.7 cm³/mol. The molecule has 0 atom stereocenters. The number of rotatable bonds is 2. The highest BCUT2D eigenvalue weighted by Gasteiger charge is 2.35. The highest BCUT2D eigenvalue weighted by atomic mass is 19.4. The van der Waals surface area contributed by atoms with Crippen LogP contribution in [-0.4, -0.2) is 17.0 Å². The lowest BCUT2D eigenvalue weighted by molar-refractivity contribution is -0.137. The number of nitriles is 1. The number of benzene rings is 1. The van der Waals surface area contributed by atoms with Gasteiger partial charge in [-0.2, -0.15) is 18.4 Å². The van der Waals surface area contributed by atoms with Crippen molar-refractivity contribution >= 4 is 5.82 Å². The van der Waals surface area contributed by atoms with Gasteiger partial charge in [-0.1, -0.05) is 12.1 Å². The predicted octanol–water partition coefficient (Wildman–Crippen LogP) is 3.08. The van der Waals surface area contributed by atoms with Crippen LogP contribution in [0.15, 0.2) is 30.5 Å². The first-order chi connectivity index (χ1) is 9.47. The normalized spacial score (nSPS) is 10.9. The van der Waals surface area contributed by atoms with Gasteiger partial charge >= 0.3 is 6.18 Å². The third-order valence-electron chi connectivity index (χ3n) is 2.62. The standard InChI is InChI=1S/C13H9F3N4/c1-18-12-10(13(14,15)16)7-19-11(20-12)9-5-3-2-4-8(9)6-17/h2-5,7H,1H3,(H,18,19,20). The Kier molecular flexibility index (Phi) is 3.57. The third kappa shape index (κ3) is 2.54. The maximum atomic E-state index is 12.7. The first kappa shape index (κ1) is 13.8. The molecule has 7 heteroatoms. The lowest BCUT2D eigenvalue weighted by atomic mass is 10.1. The van der Waals surface area contributed by atoms with Gasteiger partial charge in [-0.25, -0.2) is 9.97 Å². The average Bonchev–Trinajstić information content (AvgIpc) is 2.45. The van der Waals surface area contributed by atoms with E-state index in [1.54, 1.807) is 24.3 Å². The van der Waals surface area contributed by atoms with Gasteiger partial charge in [-0.05, 0) is 12.1 Å². The van der Waals surface area contributed by atoms with Gasteiger partial charge in [0.25, 0.3) is 0 Å². The summed E-state index contributed by atoms with van der Waals surface area (Å²) in [5.74, 6) is -0.255. The monoisotopic (exact) mass is 278 g/mol. The summed E-state index contributed by atoms with van der Waals surface area (Å²) in [6, 6.07) is 8.41. The van der Waals surface area contributed by atoms with E-state index in [4.69, 9.17) is 5.26 Å². The van der Waals surface area contributed by atoms with Crippen molar-refractivity contribution in [3.63, 3.8) is 0 Å². The second-order valence-corrected chi connectivity index (χ2v) is 3.86. The Morgan fingerprint density at radius 2 is 1.95 bits per heavy atom. The lowest BCUT2D eigenvalue weighted by Crippen LogP contribution is -2.12. The van der Waals surface area contributed by atoms with Crippen molar-refractivity contribution in [1.82, 2.24) is 9.97 Å². The van der Waals surface area contributed by atoms with Gasteiger partial charge in [0.15, 0.2) is 5.82 Å². The van der Waals surface area contributed by atoms with Gasteiger partial charge in [-0.15, -0.1) is 0 Å². The van der Waals surface area contributed by atoms with Crippen molar-refractivity contribution in [2.45, 2.75) is 6.18 Å². The molecule has 0 aliphatic heterocycles. The lowest BCUT2D eigenvalue weighted by Gasteiger charge is -2.12. The van der Waals surface area contributed by atoms with Gasteiger partial charge in [0.05, 0.1) is 11.6 Å². The summed E-state index contributed by atoms with van der Waals surface area (Å²) in [5.41, 5.74) is -0.257. The number of hydrogen-bond acceptors (Lipinski definition) is 4. The Balaban J connectivity index is 2.58. The molecule has 0 saturated carbocycles. The molecule has 2 aromatic rings. The minimum absolute atomic E-state index is 0.0690. The quantitative estimate of drug-likeness (QED) is 0.917. The smallest absolute Gasteiger partial charge is 0.373 e. The Morgan fingerprint density at radius 3 is 2.55 bits per heavy atom. The van der Waals surface area contributed by atoms with E-state index in [-0.39, 0.29) is 11.6 Å². The fraction of sp³-hybridized carbons (Fsp3) is 0.154. The van der Waals surface area contributed by atoms with Crippen molar-refractivity contribution in [3.8, 4) is 17.5 Å². The van der Waals surface area contributed by atoms with E-state index in [1.807, 2.05) is 6.07 Å². The van der Waals surface area contributed by atoms with Crippen molar-refractivity contribution in [1.29, 1.82) is 5.26 Å².